The maximum atomic E-state index is 12.6. The molecule has 0 amide bonds. The molecule has 0 saturated heterocycles. The summed E-state index contributed by atoms with van der Waals surface area (Å²) in [6.45, 7) is 0.0852. The molecule has 3 nitrogen and oxygen atoms in total. The maximum Gasteiger partial charge on any atom is 0.416 e. The second-order valence-corrected chi connectivity index (χ2v) is 4.57. The molecule has 2 aromatic rings. The molecule has 2 rings (SSSR count). The summed E-state index contributed by atoms with van der Waals surface area (Å²) in [6, 6.07) is 14.1. The van der Waals surface area contributed by atoms with Gasteiger partial charge in [0.15, 0.2) is 5.96 Å². The molecule has 0 aliphatic carbocycles. The number of guanidine groups is 1. The molecule has 24 heavy (non-hydrogen) atoms. The smallest absolute Gasteiger partial charge is 0.370 e. The topological polar surface area (TPSA) is 50.4 Å². The Labute approximate surface area is 155 Å². The molecule has 0 atom stereocenters. The van der Waals surface area contributed by atoms with Crippen LogP contribution >= 0.6 is 24.0 Å². The van der Waals surface area contributed by atoms with E-state index in [9.17, 15) is 13.2 Å². The third kappa shape index (κ3) is 6.50. The van der Waals surface area contributed by atoms with Crippen molar-refractivity contribution in [2.24, 2.45) is 10.7 Å². The number of nitrogens with one attached hydrogen (secondary N) is 1. The van der Waals surface area contributed by atoms with Crippen LogP contribution in [0.2, 0.25) is 0 Å². The number of halogens is 4. The van der Waals surface area contributed by atoms with Gasteiger partial charge in [-0.05, 0) is 30.3 Å². The lowest BCUT2D eigenvalue weighted by Crippen LogP contribution is -2.22. The van der Waals surface area contributed by atoms with Crippen LogP contribution in [-0.4, -0.2) is 12.5 Å². The fourth-order valence-corrected chi connectivity index (χ4v) is 1.75. The Morgan fingerprint density at radius 2 is 1.79 bits per heavy atom. The van der Waals surface area contributed by atoms with Crippen LogP contribution in [0.5, 0.6) is 0 Å². The molecule has 2 aromatic carbocycles. The lowest BCUT2D eigenvalue weighted by atomic mass is 10.1. The summed E-state index contributed by atoms with van der Waals surface area (Å²) < 4.78 is 37.7. The van der Waals surface area contributed by atoms with Gasteiger partial charge in [-0.25, -0.2) is 4.99 Å². The summed E-state index contributed by atoms with van der Waals surface area (Å²) in [5.74, 6) is 5.50. The van der Waals surface area contributed by atoms with Crippen molar-refractivity contribution >= 4 is 35.6 Å². The van der Waals surface area contributed by atoms with Crippen molar-refractivity contribution in [3.8, 4) is 11.8 Å². The van der Waals surface area contributed by atoms with E-state index in [4.69, 9.17) is 5.73 Å². The minimum Gasteiger partial charge on any atom is -0.370 e. The quantitative estimate of drug-likeness (QED) is 0.317. The first-order valence-electron chi connectivity index (χ1n) is 6.73. The summed E-state index contributed by atoms with van der Waals surface area (Å²) in [5.41, 5.74) is 6.04. The van der Waals surface area contributed by atoms with Gasteiger partial charge in [0, 0.05) is 11.3 Å². The number of anilines is 1. The molecule has 0 saturated carbocycles. The Hall–Kier alpha value is -2.21. The Balaban J connectivity index is 0.00000288. The predicted octanol–water partition coefficient (Wildman–Crippen LogP) is 4.10. The third-order valence-electron chi connectivity index (χ3n) is 2.80. The molecule has 126 valence electrons. The highest BCUT2D eigenvalue weighted by Crippen LogP contribution is 2.29. The predicted molar refractivity (Wildman–Crippen MR) is 100 cm³/mol. The molecule has 0 unspecified atom stereocenters. The van der Waals surface area contributed by atoms with Crippen LogP contribution in [0.15, 0.2) is 59.6 Å². The third-order valence-corrected chi connectivity index (χ3v) is 2.80. The number of aliphatic imine (C=N–C) groups is 1. The van der Waals surface area contributed by atoms with E-state index in [1.54, 1.807) is 0 Å². The number of nitrogens with two attached hydrogens (primary N) is 1. The van der Waals surface area contributed by atoms with Gasteiger partial charge in [-0.3, -0.25) is 0 Å². The number of benzene rings is 2. The minimum atomic E-state index is -4.38. The normalized spacial score (nSPS) is 11.0. The lowest BCUT2D eigenvalue weighted by Gasteiger charge is -2.05. The van der Waals surface area contributed by atoms with Crippen LogP contribution in [-0.2, 0) is 6.18 Å². The van der Waals surface area contributed by atoms with E-state index in [2.05, 4.69) is 22.2 Å². The fraction of sp³-hybridized carbons (Fsp3) is 0.118. The second kappa shape index (κ2) is 9.17. The van der Waals surface area contributed by atoms with Crippen molar-refractivity contribution in [2.45, 2.75) is 6.18 Å². The Morgan fingerprint density at radius 3 is 2.46 bits per heavy atom. The molecular formula is C17H15F3IN3. The maximum absolute atomic E-state index is 12.6. The van der Waals surface area contributed by atoms with Crippen molar-refractivity contribution in [2.75, 3.05) is 11.9 Å². The standard InChI is InChI=1S/C17H14F3N3.HI/c18-17(19,20)14-8-4-6-13(12-14)7-5-11-22-16(21)23-15-9-2-1-3-10-15;/h1-4,6,8-10,12H,11H2,(H3,21,22,23);1H. The van der Waals surface area contributed by atoms with Gasteiger partial charge in [0.2, 0.25) is 0 Å². The largest absolute Gasteiger partial charge is 0.416 e. The monoisotopic (exact) mass is 445 g/mol. The first-order chi connectivity index (χ1) is 10.9. The number of hydrogen-bond donors (Lipinski definition) is 2. The van der Waals surface area contributed by atoms with Crippen molar-refractivity contribution < 1.29 is 13.2 Å². The van der Waals surface area contributed by atoms with Crippen molar-refractivity contribution in [1.82, 2.24) is 0 Å². The average Bonchev–Trinajstić information content (AvgIpc) is 2.52. The number of nitrogens with zero attached hydrogens (tertiary/aromatic N) is 1. The first kappa shape index (κ1) is 19.8. The van der Waals surface area contributed by atoms with Crippen LogP contribution in [0.25, 0.3) is 0 Å². The molecule has 0 aliphatic rings. The molecule has 0 bridgehead atoms. The number of hydrogen-bond acceptors (Lipinski definition) is 1. The van der Waals surface area contributed by atoms with Crippen LogP contribution in [0.4, 0.5) is 18.9 Å². The van der Waals surface area contributed by atoms with Gasteiger partial charge < -0.3 is 11.1 Å². The molecule has 3 N–H and O–H groups in total. The number of alkyl halides is 3. The van der Waals surface area contributed by atoms with Crippen molar-refractivity contribution in [1.29, 1.82) is 0 Å². The Kier molecular flexibility index (Phi) is 7.58. The molecule has 0 radical (unpaired) electrons. The zero-order valence-electron chi connectivity index (χ0n) is 12.5. The van der Waals surface area contributed by atoms with E-state index < -0.39 is 11.7 Å². The van der Waals surface area contributed by atoms with Crippen molar-refractivity contribution in [3.63, 3.8) is 0 Å². The second-order valence-electron chi connectivity index (χ2n) is 4.57. The van der Waals surface area contributed by atoms with E-state index in [0.717, 1.165) is 17.8 Å². The lowest BCUT2D eigenvalue weighted by molar-refractivity contribution is -0.137. The van der Waals surface area contributed by atoms with E-state index in [0.29, 0.717) is 0 Å². The van der Waals surface area contributed by atoms with Crippen molar-refractivity contribution in [3.05, 3.63) is 65.7 Å². The van der Waals surface area contributed by atoms with E-state index in [-0.39, 0.29) is 42.0 Å². The van der Waals surface area contributed by atoms with Gasteiger partial charge in [0.1, 0.15) is 6.54 Å². The van der Waals surface area contributed by atoms with Gasteiger partial charge in [0.25, 0.3) is 0 Å². The Morgan fingerprint density at radius 1 is 1.08 bits per heavy atom. The first-order valence-corrected chi connectivity index (χ1v) is 6.73. The zero-order valence-corrected chi connectivity index (χ0v) is 14.8. The average molecular weight is 445 g/mol. The van der Waals surface area contributed by atoms with Crippen LogP contribution in [0.3, 0.4) is 0 Å². The molecule has 0 fully saturated rings. The fourth-order valence-electron chi connectivity index (χ4n) is 1.75. The van der Waals surface area contributed by atoms with Gasteiger partial charge in [0.05, 0.1) is 5.56 Å². The van der Waals surface area contributed by atoms with Gasteiger partial charge in [-0.15, -0.1) is 24.0 Å². The SMILES string of the molecule is I.NC(=NCC#Cc1cccc(C(F)(F)F)c1)Nc1ccccc1. The summed E-state index contributed by atoms with van der Waals surface area (Å²) in [7, 11) is 0. The molecule has 0 aromatic heterocycles. The molecule has 0 spiro atoms. The summed E-state index contributed by atoms with van der Waals surface area (Å²) in [5, 5.41) is 2.88. The van der Waals surface area contributed by atoms with Crippen LogP contribution < -0.4 is 11.1 Å². The zero-order chi connectivity index (χ0) is 16.7. The minimum absolute atomic E-state index is 0. The number of rotatable bonds is 2. The van der Waals surface area contributed by atoms with Crippen LogP contribution in [0.1, 0.15) is 11.1 Å². The molecular weight excluding hydrogens is 430 g/mol. The highest BCUT2D eigenvalue weighted by atomic mass is 127. The Bertz CT molecular complexity index is 747. The summed E-state index contributed by atoms with van der Waals surface area (Å²) in [4.78, 5) is 3.99. The summed E-state index contributed by atoms with van der Waals surface area (Å²) in [6.07, 6.45) is -4.38. The van der Waals surface area contributed by atoms with Gasteiger partial charge in [-0.2, -0.15) is 13.2 Å². The van der Waals surface area contributed by atoms with Crippen LogP contribution in [0, 0.1) is 11.8 Å². The highest BCUT2D eigenvalue weighted by Gasteiger charge is 2.30. The highest BCUT2D eigenvalue weighted by molar-refractivity contribution is 14.0. The van der Waals surface area contributed by atoms with E-state index in [1.807, 2.05) is 30.3 Å². The van der Waals surface area contributed by atoms with E-state index in [1.165, 1.54) is 12.1 Å². The van der Waals surface area contributed by atoms with Gasteiger partial charge in [-0.1, -0.05) is 36.1 Å². The number of para-hydroxylation sites is 1. The molecule has 0 aliphatic heterocycles. The van der Waals surface area contributed by atoms with E-state index >= 15 is 0 Å². The van der Waals surface area contributed by atoms with Gasteiger partial charge >= 0.3 is 6.18 Å². The molecule has 0 heterocycles. The summed E-state index contributed by atoms with van der Waals surface area (Å²) >= 11 is 0. The molecule has 7 heteroatoms.